The van der Waals surface area contributed by atoms with Crippen molar-refractivity contribution in [3.63, 3.8) is 0 Å². The summed E-state index contributed by atoms with van der Waals surface area (Å²) in [4.78, 5) is 15.8. The topological polar surface area (TPSA) is 88.9 Å². The number of pyridine rings is 1. The maximum atomic E-state index is 11.7. The average Bonchev–Trinajstić information content (AvgIpc) is 3.16. The maximum Gasteiger partial charge on any atom is 0.331 e. The van der Waals surface area contributed by atoms with Gasteiger partial charge in [0, 0.05) is 35.5 Å². The average molecular weight is 383 g/mol. The van der Waals surface area contributed by atoms with E-state index in [2.05, 4.69) is 4.98 Å². The van der Waals surface area contributed by atoms with Crippen LogP contribution in [-0.4, -0.2) is 34.9 Å². The van der Waals surface area contributed by atoms with Gasteiger partial charge in [0.05, 0.1) is 13.7 Å². The van der Waals surface area contributed by atoms with Crippen molar-refractivity contribution in [1.82, 2.24) is 4.98 Å². The van der Waals surface area contributed by atoms with E-state index in [9.17, 15) is 15.0 Å². The van der Waals surface area contributed by atoms with E-state index in [4.69, 9.17) is 9.47 Å². The van der Waals surface area contributed by atoms with E-state index >= 15 is 0 Å². The minimum Gasteiger partial charge on any atom is -0.504 e. The SMILES string of the molecule is COc1c(O)c(/C=C(\CCCCCc2cccnc2)C(=O)O)cc2c1CCO2. The van der Waals surface area contributed by atoms with Crippen LogP contribution in [0.5, 0.6) is 17.2 Å². The number of nitrogens with zero attached hydrogens (tertiary/aromatic N) is 1. The molecular formula is C22H25NO5. The number of benzene rings is 1. The summed E-state index contributed by atoms with van der Waals surface area (Å²) >= 11 is 0. The first kappa shape index (κ1) is 19.7. The van der Waals surface area contributed by atoms with Crippen molar-refractivity contribution in [3.8, 4) is 17.2 Å². The molecule has 0 unspecified atom stereocenters. The van der Waals surface area contributed by atoms with Gasteiger partial charge in [0.15, 0.2) is 11.5 Å². The Balaban J connectivity index is 1.65. The number of rotatable bonds is 9. The molecule has 0 aliphatic carbocycles. The van der Waals surface area contributed by atoms with Crippen LogP contribution in [-0.2, 0) is 17.6 Å². The minimum absolute atomic E-state index is 0.0397. The number of fused-ring (bicyclic) bond motifs is 1. The summed E-state index contributed by atoms with van der Waals surface area (Å²) in [6.45, 7) is 0.529. The quantitative estimate of drug-likeness (QED) is 0.503. The number of aromatic nitrogens is 1. The maximum absolute atomic E-state index is 11.7. The molecule has 0 bridgehead atoms. The Morgan fingerprint density at radius 1 is 1.36 bits per heavy atom. The first-order valence-corrected chi connectivity index (χ1v) is 9.48. The van der Waals surface area contributed by atoms with Crippen LogP contribution >= 0.6 is 0 Å². The Bertz CT molecular complexity index is 861. The zero-order valence-corrected chi connectivity index (χ0v) is 16.0. The molecule has 0 amide bonds. The van der Waals surface area contributed by atoms with Gasteiger partial charge >= 0.3 is 5.97 Å². The lowest BCUT2D eigenvalue weighted by molar-refractivity contribution is -0.132. The van der Waals surface area contributed by atoms with Crippen molar-refractivity contribution in [2.24, 2.45) is 0 Å². The third kappa shape index (κ3) is 4.63. The van der Waals surface area contributed by atoms with Crippen LogP contribution in [0.3, 0.4) is 0 Å². The van der Waals surface area contributed by atoms with Gasteiger partial charge in [0.2, 0.25) is 0 Å². The van der Waals surface area contributed by atoms with Crippen molar-refractivity contribution >= 4 is 12.0 Å². The molecule has 0 atom stereocenters. The summed E-state index contributed by atoms with van der Waals surface area (Å²) in [7, 11) is 1.49. The Morgan fingerprint density at radius 3 is 2.93 bits per heavy atom. The number of carboxylic acids is 1. The standard InChI is InChI=1S/C22H25NO5/c1-27-21-18-9-11-28-19(18)13-17(20(21)24)12-16(22(25)26)8-4-2-3-6-15-7-5-10-23-14-15/h5,7,10,12-14,24H,2-4,6,8-9,11H2,1H3,(H,25,26)/b16-12+. The number of unbranched alkanes of at least 4 members (excludes halogenated alkanes) is 2. The van der Waals surface area contributed by atoms with E-state index in [1.165, 1.54) is 18.7 Å². The van der Waals surface area contributed by atoms with E-state index < -0.39 is 5.97 Å². The molecule has 3 rings (SSSR count). The number of methoxy groups -OCH3 is 1. The van der Waals surface area contributed by atoms with Crippen LogP contribution in [0.2, 0.25) is 0 Å². The second-order valence-electron chi connectivity index (χ2n) is 6.82. The van der Waals surface area contributed by atoms with Crippen LogP contribution in [0.25, 0.3) is 6.08 Å². The molecule has 0 fully saturated rings. The van der Waals surface area contributed by atoms with Crippen LogP contribution in [0.4, 0.5) is 0 Å². The van der Waals surface area contributed by atoms with Crippen molar-refractivity contribution in [1.29, 1.82) is 0 Å². The molecule has 148 valence electrons. The molecule has 0 saturated heterocycles. The third-order valence-corrected chi connectivity index (χ3v) is 4.90. The van der Waals surface area contributed by atoms with Gasteiger partial charge in [-0.05, 0) is 49.5 Å². The molecule has 2 N–H and O–H groups in total. The number of phenols is 1. The Labute approximate surface area is 164 Å². The number of hydrogen-bond acceptors (Lipinski definition) is 5. The van der Waals surface area contributed by atoms with Crippen molar-refractivity contribution in [3.05, 3.63) is 52.9 Å². The van der Waals surface area contributed by atoms with Gasteiger partial charge in [-0.1, -0.05) is 12.5 Å². The monoisotopic (exact) mass is 383 g/mol. The second kappa shape index (κ2) is 9.26. The van der Waals surface area contributed by atoms with Crippen LogP contribution < -0.4 is 9.47 Å². The fourth-order valence-corrected chi connectivity index (χ4v) is 3.44. The van der Waals surface area contributed by atoms with Crippen LogP contribution in [0.15, 0.2) is 36.2 Å². The number of carbonyl (C=O) groups is 1. The van der Waals surface area contributed by atoms with E-state index in [-0.39, 0.29) is 11.3 Å². The lowest BCUT2D eigenvalue weighted by Gasteiger charge is -2.12. The number of carboxylic acid groups (broad SMARTS) is 1. The Hall–Kier alpha value is -3.02. The highest BCUT2D eigenvalue weighted by atomic mass is 16.5. The minimum atomic E-state index is -0.980. The summed E-state index contributed by atoms with van der Waals surface area (Å²) in [5, 5.41) is 20.1. The van der Waals surface area contributed by atoms with Crippen molar-refractivity contribution in [2.45, 2.75) is 38.5 Å². The highest BCUT2D eigenvalue weighted by Crippen LogP contribution is 2.43. The highest BCUT2D eigenvalue weighted by Gasteiger charge is 2.23. The molecule has 0 radical (unpaired) electrons. The van der Waals surface area contributed by atoms with Gasteiger partial charge in [0.25, 0.3) is 0 Å². The molecule has 2 heterocycles. The lowest BCUT2D eigenvalue weighted by atomic mass is 10.0. The summed E-state index contributed by atoms with van der Waals surface area (Å²) in [6, 6.07) is 5.65. The fourth-order valence-electron chi connectivity index (χ4n) is 3.44. The molecule has 1 aromatic heterocycles. The van der Waals surface area contributed by atoms with Gasteiger partial charge in [-0.15, -0.1) is 0 Å². The normalized spacial score (nSPS) is 13.1. The largest absolute Gasteiger partial charge is 0.504 e. The molecule has 1 aliphatic heterocycles. The third-order valence-electron chi connectivity index (χ3n) is 4.90. The molecule has 0 saturated carbocycles. The lowest BCUT2D eigenvalue weighted by Crippen LogP contribution is -2.01. The highest BCUT2D eigenvalue weighted by molar-refractivity contribution is 5.93. The number of aryl methyl sites for hydroxylation is 1. The number of aromatic hydroxyl groups is 1. The summed E-state index contributed by atoms with van der Waals surface area (Å²) < 4.78 is 10.9. The molecule has 1 aromatic carbocycles. The molecule has 6 heteroatoms. The molecule has 0 spiro atoms. The van der Waals surface area contributed by atoms with Gasteiger partial charge in [0.1, 0.15) is 5.75 Å². The van der Waals surface area contributed by atoms with E-state index in [1.807, 2.05) is 18.3 Å². The van der Waals surface area contributed by atoms with Crippen molar-refractivity contribution < 1.29 is 24.5 Å². The molecule has 28 heavy (non-hydrogen) atoms. The first-order chi connectivity index (χ1) is 13.6. The number of phenolic OH excluding ortho intramolecular Hbond substituents is 1. The summed E-state index contributed by atoms with van der Waals surface area (Å²) in [5.74, 6) is -0.0151. The van der Waals surface area contributed by atoms with Gasteiger partial charge in [-0.2, -0.15) is 0 Å². The molecule has 1 aliphatic rings. The first-order valence-electron chi connectivity index (χ1n) is 9.48. The van der Waals surface area contributed by atoms with Gasteiger partial charge in [-0.25, -0.2) is 4.79 Å². The van der Waals surface area contributed by atoms with E-state index in [0.717, 1.165) is 31.2 Å². The number of aliphatic carboxylic acids is 1. The van der Waals surface area contributed by atoms with E-state index in [0.29, 0.717) is 36.5 Å². The van der Waals surface area contributed by atoms with E-state index in [1.54, 1.807) is 12.3 Å². The zero-order valence-electron chi connectivity index (χ0n) is 16.0. The molecule has 6 nitrogen and oxygen atoms in total. The van der Waals surface area contributed by atoms with Crippen LogP contribution in [0, 0.1) is 0 Å². The van der Waals surface area contributed by atoms with Crippen molar-refractivity contribution in [2.75, 3.05) is 13.7 Å². The van der Waals surface area contributed by atoms with Gasteiger partial charge < -0.3 is 19.7 Å². The molecule has 2 aromatic rings. The summed E-state index contributed by atoms with van der Waals surface area (Å²) in [5.41, 5.74) is 2.68. The van der Waals surface area contributed by atoms with Crippen LogP contribution in [0.1, 0.15) is 42.4 Å². The number of ether oxygens (including phenoxy) is 2. The summed E-state index contributed by atoms with van der Waals surface area (Å²) in [6.07, 6.45) is 9.81. The predicted molar refractivity (Wildman–Crippen MR) is 106 cm³/mol. The zero-order chi connectivity index (χ0) is 19.9. The fraction of sp³-hybridized carbons (Fsp3) is 0.364. The Kier molecular flexibility index (Phi) is 6.53. The number of hydrogen-bond donors (Lipinski definition) is 2. The smallest absolute Gasteiger partial charge is 0.331 e. The molecular weight excluding hydrogens is 358 g/mol. The van der Waals surface area contributed by atoms with Gasteiger partial charge in [-0.3, -0.25) is 4.98 Å². The predicted octanol–water partition coefficient (Wildman–Crippen LogP) is 4.00. The Morgan fingerprint density at radius 2 is 2.21 bits per heavy atom. The second-order valence-corrected chi connectivity index (χ2v) is 6.82.